The first-order valence-corrected chi connectivity index (χ1v) is 4.93. The van der Waals surface area contributed by atoms with E-state index in [0.29, 0.717) is 6.42 Å². The molecule has 0 saturated carbocycles. The van der Waals surface area contributed by atoms with Crippen LogP contribution in [-0.4, -0.2) is 5.97 Å². The first-order valence-electron chi connectivity index (χ1n) is 4.05. The van der Waals surface area contributed by atoms with Gasteiger partial charge in [-0.15, -0.1) is 11.3 Å². The van der Waals surface area contributed by atoms with Crippen molar-refractivity contribution in [2.45, 2.75) is 26.7 Å². The highest BCUT2D eigenvalue weighted by molar-refractivity contribution is 7.12. The molecule has 12 heavy (non-hydrogen) atoms. The molecule has 0 atom stereocenters. The molecule has 0 saturated heterocycles. The Bertz CT molecular complexity index is 265. The van der Waals surface area contributed by atoms with Crippen LogP contribution in [0.3, 0.4) is 0 Å². The Morgan fingerprint density at radius 3 is 2.92 bits per heavy atom. The van der Waals surface area contributed by atoms with E-state index in [1.807, 2.05) is 18.4 Å². The number of hydrogen-bond donors (Lipinski definition) is 0. The topological polar surface area (TPSA) is 26.3 Å². The first kappa shape index (κ1) is 9.26. The fourth-order valence-electron chi connectivity index (χ4n) is 0.849. The van der Waals surface area contributed by atoms with Crippen molar-refractivity contribution in [1.29, 1.82) is 0 Å². The third-order valence-corrected chi connectivity index (χ3v) is 2.41. The lowest BCUT2D eigenvalue weighted by molar-refractivity contribution is -0.133. The smallest absolute Gasteiger partial charge is 0.311 e. The van der Waals surface area contributed by atoms with Gasteiger partial charge in [-0.2, -0.15) is 0 Å². The molecule has 0 aliphatic heterocycles. The van der Waals surface area contributed by atoms with Crippen molar-refractivity contribution < 1.29 is 9.53 Å². The number of hydrogen-bond acceptors (Lipinski definition) is 3. The predicted molar refractivity (Wildman–Crippen MR) is 49.6 cm³/mol. The van der Waals surface area contributed by atoms with Crippen molar-refractivity contribution in [3.63, 3.8) is 0 Å². The van der Waals surface area contributed by atoms with Crippen LogP contribution in [0.25, 0.3) is 0 Å². The van der Waals surface area contributed by atoms with Crippen LogP contribution in [0.5, 0.6) is 5.06 Å². The molecule has 0 aliphatic rings. The van der Waals surface area contributed by atoms with E-state index in [9.17, 15) is 4.79 Å². The predicted octanol–water partition coefficient (Wildman–Crippen LogP) is 2.63. The van der Waals surface area contributed by atoms with Crippen molar-refractivity contribution >= 4 is 17.3 Å². The molecule has 0 radical (unpaired) electrons. The molecular weight excluding hydrogens is 172 g/mol. The number of thiophene rings is 1. The van der Waals surface area contributed by atoms with Gasteiger partial charge in [0.25, 0.3) is 0 Å². The summed E-state index contributed by atoms with van der Waals surface area (Å²) in [6.45, 7) is 3.84. The minimum absolute atomic E-state index is 0.160. The van der Waals surface area contributed by atoms with Crippen molar-refractivity contribution in [3.05, 3.63) is 17.0 Å². The van der Waals surface area contributed by atoms with Gasteiger partial charge >= 0.3 is 5.97 Å². The summed E-state index contributed by atoms with van der Waals surface area (Å²) in [6.07, 6.45) is 1.34. The molecule has 0 N–H and O–H groups in total. The Hall–Kier alpha value is -0.830. The Morgan fingerprint density at radius 1 is 1.58 bits per heavy atom. The van der Waals surface area contributed by atoms with Crippen molar-refractivity contribution in [2.75, 3.05) is 0 Å². The summed E-state index contributed by atoms with van der Waals surface area (Å²) < 4.78 is 5.11. The van der Waals surface area contributed by atoms with E-state index in [1.54, 1.807) is 6.92 Å². The summed E-state index contributed by atoms with van der Waals surface area (Å²) in [7, 11) is 0. The zero-order valence-corrected chi connectivity index (χ0v) is 8.11. The molecule has 3 heteroatoms. The lowest BCUT2D eigenvalue weighted by atomic mass is 10.3. The average Bonchev–Trinajstić information content (AvgIpc) is 2.51. The highest BCUT2D eigenvalue weighted by Gasteiger charge is 2.06. The normalized spacial score (nSPS) is 9.83. The van der Waals surface area contributed by atoms with Crippen LogP contribution >= 0.6 is 11.3 Å². The van der Waals surface area contributed by atoms with Gasteiger partial charge in [0, 0.05) is 12.0 Å². The third kappa shape index (κ3) is 2.08. The lowest BCUT2D eigenvalue weighted by Crippen LogP contribution is -2.05. The number of carbonyl (C=O) groups excluding carboxylic acids is 1. The minimum atomic E-state index is -0.160. The summed E-state index contributed by atoms with van der Waals surface area (Å²) in [6, 6.07) is 1.99. The van der Waals surface area contributed by atoms with Gasteiger partial charge in [-0.05, 0) is 17.9 Å². The molecule has 0 aromatic carbocycles. The van der Waals surface area contributed by atoms with Gasteiger partial charge < -0.3 is 4.74 Å². The van der Waals surface area contributed by atoms with E-state index in [0.717, 1.165) is 17.0 Å². The van der Waals surface area contributed by atoms with Crippen molar-refractivity contribution in [3.8, 4) is 5.06 Å². The van der Waals surface area contributed by atoms with Gasteiger partial charge in [0.1, 0.15) is 0 Å². The van der Waals surface area contributed by atoms with E-state index in [1.165, 1.54) is 11.3 Å². The van der Waals surface area contributed by atoms with E-state index >= 15 is 0 Å². The minimum Gasteiger partial charge on any atom is -0.415 e. The Kier molecular flexibility index (Phi) is 3.29. The molecule has 1 heterocycles. The summed E-state index contributed by atoms with van der Waals surface area (Å²) in [5, 5.41) is 2.70. The van der Waals surface area contributed by atoms with Crippen LogP contribution in [0.1, 0.15) is 25.8 Å². The SMILES string of the molecule is CCC(=O)Oc1sccc1CC. The molecule has 0 unspecified atom stereocenters. The standard InChI is InChI=1S/C9H12O2S/c1-3-7-5-6-12-9(7)11-8(10)4-2/h5-6H,3-4H2,1-2H3. The van der Waals surface area contributed by atoms with E-state index < -0.39 is 0 Å². The molecule has 0 spiro atoms. The molecule has 2 nitrogen and oxygen atoms in total. The molecule has 1 aromatic heterocycles. The molecular formula is C9H12O2S. The number of esters is 1. The number of ether oxygens (including phenoxy) is 1. The molecule has 0 amide bonds. The fourth-order valence-corrected chi connectivity index (χ4v) is 1.71. The Morgan fingerprint density at radius 2 is 2.33 bits per heavy atom. The second-order valence-electron chi connectivity index (χ2n) is 2.41. The van der Waals surface area contributed by atoms with Gasteiger partial charge in [0.05, 0.1) is 0 Å². The van der Waals surface area contributed by atoms with Gasteiger partial charge in [0.2, 0.25) is 0 Å². The quantitative estimate of drug-likeness (QED) is 0.675. The van der Waals surface area contributed by atoms with Gasteiger partial charge in [-0.1, -0.05) is 13.8 Å². The van der Waals surface area contributed by atoms with Crippen LogP contribution in [0.2, 0.25) is 0 Å². The van der Waals surface area contributed by atoms with Gasteiger partial charge in [-0.25, -0.2) is 0 Å². The highest BCUT2D eigenvalue weighted by Crippen LogP contribution is 2.26. The molecule has 0 aliphatic carbocycles. The van der Waals surface area contributed by atoms with Gasteiger partial charge in [0.15, 0.2) is 5.06 Å². The molecule has 66 valence electrons. The van der Waals surface area contributed by atoms with E-state index in [4.69, 9.17) is 4.74 Å². The second kappa shape index (κ2) is 4.26. The van der Waals surface area contributed by atoms with Crippen LogP contribution in [0, 0.1) is 0 Å². The lowest BCUT2D eigenvalue weighted by Gasteiger charge is -2.00. The maximum atomic E-state index is 10.9. The number of carbonyl (C=O) groups is 1. The summed E-state index contributed by atoms with van der Waals surface area (Å²) in [5.41, 5.74) is 1.11. The van der Waals surface area contributed by atoms with Crippen molar-refractivity contribution in [2.24, 2.45) is 0 Å². The van der Waals surface area contributed by atoms with Crippen LogP contribution < -0.4 is 4.74 Å². The molecule has 1 aromatic rings. The van der Waals surface area contributed by atoms with Gasteiger partial charge in [-0.3, -0.25) is 4.79 Å². The molecule has 0 bridgehead atoms. The first-order chi connectivity index (χ1) is 5.77. The molecule has 0 fully saturated rings. The summed E-state index contributed by atoms with van der Waals surface area (Å²) >= 11 is 1.47. The second-order valence-corrected chi connectivity index (χ2v) is 3.29. The largest absolute Gasteiger partial charge is 0.415 e. The van der Waals surface area contributed by atoms with E-state index in [-0.39, 0.29) is 5.97 Å². The van der Waals surface area contributed by atoms with E-state index in [2.05, 4.69) is 0 Å². The third-order valence-electron chi connectivity index (χ3n) is 1.58. The maximum Gasteiger partial charge on any atom is 0.311 e. The Labute approximate surface area is 76.2 Å². The number of rotatable bonds is 3. The maximum absolute atomic E-state index is 10.9. The van der Waals surface area contributed by atoms with Crippen LogP contribution in [0.4, 0.5) is 0 Å². The van der Waals surface area contributed by atoms with Crippen LogP contribution in [-0.2, 0) is 11.2 Å². The van der Waals surface area contributed by atoms with Crippen molar-refractivity contribution in [1.82, 2.24) is 0 Å². The zero-order valence-electron chi connectivity index (χ0n) is 7.29. The molecule has 1 rings (SSSR count). The monoisotopic (exact) mass is 184 g/mol. The summed E-state index contributed by atoms with van der Waals surface area (Å²) in [5.74, 6) is -0.160. The van der Waals surface area contributed by atoms with Crippen LogP contribution in [0.15, 0.2) is 11.4 Å². The average molecular weight is 184 g/mol. The highest BCUT2D eigenvalue weighted by atomic mass is 32.1. The Balaban J connectivity index is 2.68. The summed E-state index contributed by atoms with van der Waals surface area (Å²) in [4.78, 5) is 10.9. The number of aryl methyl sites for hydroxylation is 1. The zero-order chi connectivity index (χ0) is 8.97. The fraction of sp³-hybridized carbons (Fsp3) is 0.444.